The van der Waals surface area contributed by atoms with Gasteiger partial charge >= 0.3 is 0 Å². The predicted molar refractivity (Wildman–Crippen MR) is 99.4 cm³/mol. The summed E-state index contributed by atoms with van der Waals surface area (Å²) in [6.45, 7) is 5.04. The Balaban J connectivity index is 2.19. The summed E-state index contributed by atoms with van der Waals surface area (Å²) in [5.41, 5.74) is 0.476. The first-order valence-corrected chi connectivity index (χ1v) is 10.7. The number of rotatable bonds is 7. The fourth-order valence-electron chi connectivity index (χ4n) is 3.24. The SMILES string of the molecule is CCOc1ccc(N(CC(=O)N2CCCCC2CC)S(C)(=O)=O)cc1. The second kappa shape index (κ2) is 8.56. The molecule has 0 spiro atoms. The Morgan fingerprint density at radius 3 is 2.48 bits per heavy atom. The minimum atomic E-state index is -3.56. The van der Waals surface area contributed by atoms with E-state index in [1.165, 1.54) is 4.31 Å². The number of hydrogen-bond acceptors (Lipinski definition) is 4. The van der Waals surface area contributed by atoms with Crippen molar-refractivity contribution in [3.05, 3.63) is 24.3 Å². The highest BCUT2D eigenvalue weighted by molar-refractivity contribution is 7.92. The van der Waals surface area contributed by atoms with Gasteiger partial charge in [0.25, 0.3) is 0 Å². The Kier molecular flexibility index (Phi) is 6.70. The molecule has 25 heavy (non-hydrogen) atoms. The first kappa shape index (κ1) is 19.6. The zero-order valence-corrected chi connectivity index (χ0v) is 16.1. The molecule has 1 aliphatic rings. The fraction of sp³-hybridized carbons (Fsp3) is 0.611. The summed E-state index contributed by atoms with van der Waals surface area (Å²) in [5, 5.41) is 0. The molecule has 1 fully saturated rings. The van der Waals surface area contributed by atoms with Gasteiger partial charge in [0, 0.05) is 12.6 Å². The average molecular weight is 368 g/mol. The molecule has 1 aromatic rings. The third-order valence-corrected chi connectivity index (χ3v) is 5.67. The van der Waals surface area contributed by atoms with E-state index in [0.29, 0.717) is 24.6 Å². The Labute approximate surface area is 150 Å². The lowest BCUT2D eigenvalue weighted by molar-refractivity contribution is -0.133. The van der Waals surface area contributed by atoms with Gasteiger partial charge in [0.2, 0.25) is 15.9 Å². The molecular weight excluding hydrogens is 340 g/mol. The van der Waals surface area contributed by atoms with Crippen LogP contribution in [0.3, 0.4) is 0 Å². The fourth-order valence-corrected chi connectivity index (χ4v) is 4.09. The van der Waals surface area contributed by atoms with Gasteiger partial charge in [-0.1, -0.05) is 6.92 Å². The van der Waals surface area contributed by atoms with Crippen molar-refractivity contribution in [1.29, 1.82) is 0 Å². The van der Waals surface area contributed by atoms with E-state index in [2.05, 4.69) is 6.92 Å². The monoisotopic (exact) mass is 368 g/mol. The van der Waals surface area contributed by atoms with Crippen LogP contribution in [0, 0.1) is 0 Å². The standard InChI is InChI=1S/C18H28N2O4S/c1-4-15-8-6-7-13-19(15)18(21)14-20(25(3,22)23)16-9-11-17(12-10-16)24-5-2/h9-12,15H,4-8,13-14H2,1-3H3. The number of carbonyl (C=O) groups excluding carboxylic acids is 1. The van der Waals surface area contributed by atoms with E-state index in [1.807, 2.05) is 11.8 Å². The first-order valence-electron chi connectivity index (χ1n) is 8.86. The molecule has 1 amide bonds. The molecule has 0 N–H and O–H groups in total. The van der Waals surface area contributed by atoms with Crippen LogP contribution in [0.15, 0.2) is 24.3 Å². The molecule has 6 nitrogen and oxygen atoms in total. The van der Waals surface area contributed by atoms with Crippen LogP contribution < -0.4 is 9.04 Å². The maximum atomic E-state index is 12.8. The van der Waals surface area contributed by atoms with Gasteiger partial charge in [0.05, 0.1) is 18.6 Å². The molecule has 1 heterocycles. The largest absolute Gasteiger partial charge is 0.494 e. The Bertz CT molecular complexity index is 673. The van der Waals surface area contributed by atoms with Crippen molar-refractivity contribution in [2.24, 2.45) is 0 Å². The number of carbonyl (C=O) groups is 1. The van der Waals surface area contributed by atoms with Gasteiger partial charge in [0.15, 0.2) is 0 Å². The van der Waals surface area contributed by atoms with E-state index in [4.69, 9.17) is 4.74 Å². The van der Waals surface area contributed by atoms with Crippen molar-refractivity contribution in [3.63, 3.8) is 0 Å². The summed E-state index contributed by atoms with van der Waals surface area (Å²) in [5.74, 6) is 0.541. The normalized spacial score (nSPS) is 18.0. The highest BCUT2D eigenvalue weighted by Gasteiger charge is 2.29. The number of piperidine rings is 1. The summed E-state index contributed by atoms with van der Waals surface area (Å²) in [4.78, 5) is 14.6. The Morgan fingerprint density at radius 1 is 1.24 bits per heavy atom. The molecule has 0 saturated carbocycles. The number of likely N-dealkylation sites (tertiary alicyclic amines) is 1. The molecule has 140 valence electrons. The van der Waals surface area contributed by atoms with Crippen LogP contribution in [0.4, 0.5) is 5.69 Å². The maximum Gasteiger partial charge on any atom is 0.243 e. The molecule has 1 aromatic carbocycles. The minimum Gasteiger partial charge on any atom is -0.494 e. The van der Waals surface area contributed by atoms with Crippen LogP contribution >= 0.6 is 0 Å². The third-order valence-electron chi connectivity index (χ3n) is 4.53. The first-order chi connectivity index (χ1) is 11.9. The minimum absolute atomic E-state index is 0.133. The van der Waals surface area contributed by atoms with E-state index in [1.54, 1.807) is 24.3 Å². The van der Waals surface area contributed by atoms with Crippen LogP contribution in [0.5, 0.6) is 5.75 Å². The molecule has 1 atom stereocenters. The quantitative estimate of drug-likeness (QED) is 0.742. The number of ether oxygens (including phenoxy) is 1. The molecule has 7 heteroatoms. The lowest BCUT2D eigenvalue weighted by Crippen LogP contribution is -2.48. The summed E-state index contributed by atoms with van der Waals surface area (Å²) in [6.07, 6.45) is 5.11. The van der Waals surface area contributed by atoms with Crippen LogP contribution in [-0.4, -0.2) is 51.2 Å². The summed E-state index contributed by atoms with van der Waals surface area (Å²) in [6, 6.07) is 7.00. The molecule has 1 unspecified atom stereocenters. The van der Waals surface area contributed by atoms with Gasteiger partial charge in [-0.05, 0) is 56.9 Å². The van der Waals surface area contributed by atoms with Crippen molar-refractivity contribution in [2.75, 3.05) is 30.3 Å². The number of sulfonamides is 1. The van der Waals surface area contributed by atoms with E-state index in [9.17, 15) is 13.2 Å². The smallest absolute Gasteiger partial charge is 0.243 e. The van der Waals surface area contributed by atoms with Crippen molar-refractivity contribution < 1.29 is 17.9 Å². The number of anilines is 1. The average Bonchev–Trinajstić information content (AvgIpc) is 2.59. The number of nitrogens with zero attached hydrogens (tertiary/aromatic N) is 2. The number of amides is 1. The summed E-state index contributed by atoms with van der Waals surface area (Å²) < 4.78 is 31.0. The van der Waals surface area contributed by atoms with E-state index in [-0.39, 0.29) is 18.5 Å². The summed E-state index contributed by atoms with van der Waals surface area (Å²) >= 11 is 0. The molecular formula is C18H28N2O4S. The molecule has 1 saturated heterocycles. The highest BCUT2D eigenvalue weighted by atomic mass is 32.2. The third kappa shape index (κ3) is 5.11. The second-order valence-electron chi connectivity index (χ2n) is 6.34. The maximum absolute atomic E-state index is 12.8. The van der Waals surface area contributed by atoms with Gasteiger partial charge in [-0.3, -0.25) is 9.10 Å². The van der Waals surface area contributed by atoms with E-state index in [0.717, 1.165) is 31.9 Å². The van der Waals surface area contributed by atoms with Gasteiger partial charge in [-0.2, -0.15) is 0 Å². The van der Waals surface area contributed by atoms with Crippen LogP contribution in [0.1, 0.15) is 39.5 Å². The van der Waals surface area contributed by atoms with Crippen molar-refractivity contribution in [2.45, 2.75) is 45.6 Å². The number of hydrogen-bond donors (Lipinski definition) is 0. The Morgan fingerprint density at radius 2 is 1.92 bits per heavy atom. The van der Waals surface area contributed by atoms with E-state index < -0.39 is 10.0 Å². The van der Waals surface area contributed by atoms with Gasteiger partial charge in [0.1, 0.15) is 12.3 Å². The lowest BCUT2D eigenvalue weighted by atomic mass is 10.00. The zero-order valence-electron chi connectivity index (χ0n) is 15.3. The lowest BCUT2D eigenvalue weighted by Gasteiger charge is -2.36. The molecule has 0 radical (unpaired) electrons. The topological polar surface area (TPSA) is 66.9 Å². The van der Waals surface area contributed by atoms with Gasteiger partial charge in [-0.15, -0.1) is 0 Å². The molecule has 1 aliphatic heterocycles. The second-order valence-corrected chi connectivity index (χ2v) is 8.25. The van der Waals surface area contributed by atoms with Crippen LogP contribution in [-0.2, 0) is 14.8 Å². The summed E-state index contributed by atoms with van der Waals surface area (Å²) in [7, 11) is -3.56. The zero-order chi connectivity index (χ0) is 18.4. The van der Waals surface area contributed by atoms with Crippen molar-refractivity contribution in [3.8, 4) is 5.75 Å². The molecule has 2 rings (SSSR count). The molecule has 0 bridgehead atoms. The molecule has 0 aliphatic carbocycles. The van der Waals surface area contributed by atoms with E-state index >= 15 is 0 Å². The molecule has 0 aromatic heterocycles. The van der Waals surface area contributed by atoms with Crippen LogP contribution in [0.2, 0.25) is 0 Å². The van der Waals surface area contributed by atoms with Gasteiger partial charge in [-0.25, -0.2) is 8.42 Å². The predicted octanol–water partition coefficient (Wildman–Crippen LogP) is 2.64. The van der Waals surface area contributed by atoms with Crippen LogP contribution in [0.25, 0.3) is 0 Å². The number of benzene rings is 1. The van der Waals surface area contributed by atoms with Gasteiger partial charge < -0.3 is 9.64 Å². The highest BCUT2D eigenvalue weighted by Crippen LogP contribution is 2.24. The van der Waals surface area contributed by atoms with Crippen molar-refractivity contribution in [1.82, 2.24) is 4.90 Å². The Hall–Kier alpha value is -1.76. The van der Waals surface area contributed by atoms with Crippen molar-refractivity contribution >= 4 is 21.6 Å².